The van der Waals surface area contributed by atoms with Gasteiger partial charge in [0.05, 0.1) is 29.0 Å². The highest BCUT2D eigenvalue weighted by Gasteiger charge is 2.33. The van der Waals surface area contributed by atoms with Crippen LogP contribution in [0.2, 0.25) is 0 Å². The zero-order chi connectivity index (χ0) is 23.0. The first-order valence-corrected chi connectivity index (χ1v) is 10.6. The summed E-state index contributed by atoms with van der Waals surface area (Å²) in [4.78, 5) is 42.2. The van der Waals surface area contributed by atoms with Gasteiger partial charge in [0.1, 0.15) is 17.3 Å². The van der Waals surface area contributed by atoms with Crippen LogP contribution >= 0.6 is 11.3 Å². The Morgan fingerprint density at radius 3 is 2.47 bits per heavy atom. The maximum absolute atomic E-state index is 13.4. The molecule has 1 aromatic carbocycles. The number of furan rings is 1. The van der Waals surface area contributed by atoms with Crippen LogP contribution in [-0.4, -0.2) is 23.6 Å². The Bertz CT molecular complexity index is 1420. The van der Waals surface area contributed by atoms with Crippen LogP contribution in [0.5, 0.6) is 5.75 Å². The average Bonchev–Trinajstić information content (AvgIpc) is 3.29. The summed E-state index contributed by atoms with van der Waals surface area (Å²) in [6.45, 7) is 4.84. The smallest absolute Gasteiger partial charge is 0.338 e. The molecular weight excluding hydrogens is 432 g/mol. The SMILES string of the molecule is COC(=O)C1=C(C)N=c2sc(=Cc3ccc(C)o3)c(=O)n2[C@H]1c1ccc(OC(C)=O)cc1. The van der Waals surface area contributed by atoms with E-state index in [1.807, 2.05) is 13.0 Å². The lowest BCUT2D eigenvalue weighted by Crippen LogP contribution is -2.39. The number of hydrogen-bond donors (Lipinski definition) is 0. The van der Waals surface area contributed by atoms with Gasteiger partial charge >= 0.3 is 11.9 Å². The number of methoxy groups -OCH3 is 1. The van der Waals surface area contributed by atoms with Gasteiger partial charge in [-0.3, -0.25) is 14.2 Å². The monoisotopic (exact) mass is 452 g/mol. The minimum atomic E-state index is -0.745. The van der Waals surface area contributed by atoms with E-state index in [1.165, 1.54) is 29.9 Å². The Kier molecular flexibility index (Phi) is 5.67. The fourth-order valence-electron chi connectivity index (χ4n) is 3.55. The summed E-state index contributed by atoms with van der Waals surface area (Å²) in [6, 6.07) is 9.49. The molecule has 0 aliphatic carbocycles. The molecule has 0 fully saturated rings. The molecule has 2 aromatic heterocycles. The highest BCUT2D eigenvalue weighted by atomic mass is 32.1. The maximum atomic E-state index is 13.4. The van der Waals surface area contributed by atoms with E-state index >= 15 is 0 Å². The first-order valence-electron chi connectivity index (χ1n) is 9.74. The molecule has 0 saturated heterocycles. The van der Waals surface area contributed by atoms with Gasteiger partial charge in [0.15, 0.2) is 4.80 Å². The molecule has 164 valence electrons. The number of carbonyl (C=O) groups excluding carboxylic acids is 2. The van der Waals surface area contributed by atoms with Crippen LogP contribution in [0.15, 0.2) is 61.9 Å². The van der Waals surface area contributed by atoms with Gasteiger partial charge in [0.25, 0.3) is 5.56 Å². The van der Waals surface area contributed by atoms with Crippen LogP contribution in [0.1, 0.15) is 37.0 Å². The largest absolute Gasteiger partial charge is 0.466 e. The normalized spacial score (nSPS) is 15.9. The molecule has 3 aromatic rings. The lowest BCUT2D eigenvalue weighted by molar-refractivity contribution is -0.136. The number of benzene rings is 1. The van der Waals surface area contributed by atoms with Gasteiger partial charge < -0.3 is 13.9 Å². The zero-order valence-corrected chi connectivity index (χ0v) is 18.7. The van der Waals surface area contributed by atoms with Gasteiger partial charge in [0.2, 0.25) is 0 Å². The standard InChI is InChI=1S/C23H20N2O6S/c1-12-5-8-17(30-12)11-18-21(27)25-20(15-6-9-16(10-7-15)31-14(3)26)19(22(28)29-4)13(2)24-23(25)32-18/h5-11,20H,1-4H3/t20-/m0/s1. The molecule has 32 heavy (non-hydrogen) atoms. The minimum absolute atomic E-state index is 0.264. The number of hydrogen-bond acceptors (Lipinski definition) is 8. The summed E-state index contributed by atoms with van der Waals surface area (Å²) in [6.07, 6.45) is 1.66. The summed E-state index contributed by atoms with van der Waals surface area (Å²) in [5, 5.41) is 0. The summed E-state index contributed by atoms with van der Waals surface area (Å²) in [5.41, 5.74) is 1.08. The van der Waals surface area contributed by atoms with Crippen LogP contribution in [0, 0.1) is 6.92 Å². The number of rotatable bonds is 4. The number of aromatic nitrogens is 1. The number of nitrogens with zero attached hydrogens (tertiary/aromatic N) is 2. The van der Waals surface area contributed by atoms with E-state index in [0.29, 0.717) is 32.1 Å². The second-order valence-electron chi connectivity index (χ2n) is 7.18. The molecule has 1 atom stereocenters. The van der Waals surface area contributed by atoms with Crippen molar-refractivity contribution >= 4 is 29.4 Å². The molecule has 4 rings (SSSR count). The fraction of sp³-hybridized carbons (Fsp3) is 0.217. The van der Waals surface area contributed by atoms with E-state index in [1.54, 1.807) is 43.3 Å². The number of aryl methyl sites for hydroxylation is 1. The van der Waals surface area contributed by atoms with Crippen molar-refractivity contribution in [1.82, 2.24) is 4.57 Å². The highest BCUT2D eigenvalue weighted by Crippen LogP contribution is 2.31. The second kappa shape index (κ2) is 8.43. The molecule has 0 amide bonds. The summed E-state index contributed by atoms with van der Waals surface area (Å²) in [5.74, 6) is 0.640. The molecule has 1 aliphatic heterocycles. The second-order valence-corrected chi connectivity index (χ2v) is 8.19. The Balaban J connectivity index is 1.91. The van der Waals surface area contributed by atoms with Crippen molar-refractivity contribution in [2.75, 3.05) is 7.11 Å². The van der Waals surface area contributed by atoms with Crippen LogP contribution in [0.3, 0.4) is 0 Å². The Hall–Kier alpha value is -3.72. The van der Waals surface area contributed by atoms with Crippen molar-refractivity contribution in [1.29, 1.82) is 0 Å². The topological polar surface area (TPSA) is 100 Å². The van der Waals surface area contributed by atoms with Gasteiger partial charge in [-0.1, -0.05) is 23.5 Å². The molecule has 0 spiro atoms. The van der Waals surface area contributed by atoms with Crippen LogP contribution in [0.25, 0.3) is 6.08 Å². The quantitative estimate of drug-likeness (QED) is 0.445. The van der Waals surface area contributed by atoms with Crippen molar-refractivity contribution in [2.24, 2.45) is 4.99 Å². The third-order valence-corrected chi connectivity index (χ3v) is 5.90. The van der Waals surface area contributed by atoms with Gasteiger partial charge in [-0.05, 0) is 43.7 Å². The number of thiazole rings is 1. The highest BCUT2D eigenvalue weighted by molar-refractivity contribution is 7.07. The third-order valence-electron chi connectivity index (χ3n) is 4.92. The molecule has 0 N–H and O–H groups in total. The van der Waals surface area contributed by atoms with Crippen LogP contribution in [0.4, 0.5) is 0 Å². The molecule has 9 heteroatoms. The van der Waals surface area contributed by atoms with Crippen molar-refractivity contribution < 1.29 is 23.5 Å². The van der Waals surface area contributed by atoms with Gasteiger partial charge in [-0.25, -0.2) is 9.79 Å². The predicted octanol–water partition coefficient (Wildman–Crippen LogP) is 2.23. The Labute approximate surface area is 186 Å². The fourth-order valence-corrected chi connectivity index (χ4v) is 4.58. The zero-order valence-electron chi connectivity index (χ0n) is 17.9. The van der Waals surface area contributed by atoms with E-state index in [0.717, 1.165) is 5.76 Å². The van der Waals surface area contributed by atoms with Crippen molar-refractivity contribution in [3.63, 3.8) is 0 Å². The van der Waals surface area contributed by atoms with Crippen LogP contribution in [-0.2, 0) is 14.3 Å². The number of fused-ring (bicyclic) bond motifs is 1. The van der Waals surface area contributed by atoms with Crippen molar-refractivity contribution in [3.05, 3.63) is 84.4 Å². The maximum Gasteiger partial charge on any atom is 0.338 e. The van der Waals surface area contributed by atoms with Gasteiger partial charge in [-0.15, -0.1) is 0 Å². The third kappa shape index (κ3) is 3.94. The molecule has 0 saturated carbocycles. The molecule has 0 radical (unpaired) electrons. The van der Waals surface area contributed by atoms with Crippen molar-refractivity contribution in [2.45, 2.75) is 26.8 Å². The average molecular weight is 452 g/mol. The van der Waals surface area contributed by atoms with E-state index in [2.05, 4.69) is 4.99 Å². The predicted molar refractivity (Wildman–Crippen MR) is 117 cm³/mol. The van der Waals surface area contributed by atoms with E-state index in [9.17, 15) is 14.4 Å². The summed E-state index contributed by atoms with van der Waals surface area (Å²) in [7, 11) is 1.29. The number of allylic oxidation sites excluding steroid dienone is 1. The molecule has 8 nitrogen and oxygen atoms in total. The Morgan fingerprint density at radius 2 is 1.88 bits per heavy atom. The molecule has 3 heterocycles. The number of carbonyl (C=O) groups is 2. The lowest BCUT2D eigenvalue weighted by atomic mass is 9.96. The van der Waals surface area contributed by atoms with E-state index in [4.69, 9.17) is 13.9 Å². The number of esters is 2. The first-order chi connectivity index (χ1) is 15.3. The van der Waals surface area contributed by atoms with E-state index < -0.39 is 18.0 Å². The van der Waals surface area contributed by atoms with Crippen molar-refractivity contribution in [3.8, 4) is 5.75 Å². The summed E-state index contributed by atoms with van der Waals surface area (Å²) < 4.78 is 17.6. The van der Waals surface area contributed by atoms with Gasteiger partial charge in [0, 0.05) is 13.0 Å². The number of ether oxygens (including phenoxy) is 2. The van der Waals surface area contributed by atoms with Crippen LogP contribution < -0.4 is 19.6 Å². The molecular formula is C23H20N2O6S. The Morgan fingerprint density at radius 1 is 1.16 bits per heavy atom. The first kappa shape index (κ1) is 21.5. The molecule has 1 aliphatic rings. The minimum Gasteiger partial charge on any atom is -0.466 e. The molecule has 0 bridgehead atoms. The summed E-state index contributed by atoms with van der Waals surface area (Å²) >= 11 is 1.21. The van der Waals surface area contributed by atoms with Gasteiger partial charge in [-0.2, -0.15) is 0 Å². The molecule has 0 unspecified atom stereocenters. The van der Waals surface area contributed by atoms with E-state index in [-0.39, 0.29) is 11.1 Å². The lowest BCUT2D eigenvalue weighted by Gasteiger charge is -2.24.